The van der Waals surface area contributed by atoms with Gasteiger partial charge in [-0.2, -0.15) is 26.3 Å². The number of esters is 6. The Bertz CT molecular complexity index is 6330. The first-order chi connectivity index (χ1) is 60.4. The molecule has 6 aliphatic rings. The summed E-state index contributed by atoms with van der Waals surface area (Å²) in [7, 11) is -32.1. The van der Waals surface area contributed by atoms with Crippen LogP contribution in [0.1, 0.15) is 97.8 Å². The van der Waals surface area contributed by atoms with Crippen molar-refractivity contribution in [2.75, 3.05) is 76.7 Å². The number of hydrogen-bond acceptors (Lipinski definition) is 37. The van der Waals surface area contributed by atoms with Crippen LogP contribution < -0.4 is 4.74 Å². The van der Waals surface area contributed by atoms with Gasteiger partial charge in [0, 0.05) is 51.0 Å². The molecule has 15 rings (SSSR count). The van der Waals surface area contributed by atoms with E-state index in [0.717, 1.165) is 83.6 Å². The van der Waals surface area contributed by atoms with Gasteiger partial charge >= 0.3 is 51.6 Å². The number of carbonyl (C=O) groups is 6. The van der Waals surface area contributed by atoms with Crippen LogP contribution >= 0.6 is 0 Å². The highest BCUT2D eigenvalue weighted by molar-refractivity contribution is 7.88. The molecule has 135 heavy (non-hydrogen) atoms. The summed E-state index contributed by atoms with van der Waals surface area (Å²) < 4.78 is 327. The molecular weight excluding hydrogens is 1930 g/mol. The van der Waals surface area contributed by atoms with Crippen LogP contribution in [0.4, 0.5) is 26.3 Å². The molecule has 0 amide bonds. The second-order valence-corrected chi connectivity index (χ2v) is 36.6. The lowest BCUT2D eigenvalue weighted by Crippen LogP contribution is -2.39. The molecule has 0 saturated carbocycles. The maximum atomic E-state index is 13.1. The Morgan fingerprint density at radius 3 is 1.16 bits per heavy atom. The lowest BCUT2D eigenvalue weighted by atomic mass is 9.98. The van der Waals surface area contributed by atoms with E-state index in [2.05, 4.69) is 18.9 Å². The molecule has 6 atom stereocenters. The minimum atomic E-state index is -6.13. The Balaban J connectivity index is 0.000000337. The second kappa shape index (κ2) is 48.7. The highest BCUT2D eigenvalue weighted by Crippen LogP contribution is 2.40. The Hall–Kier alpha value is -11.6. The fourth-order valence-electron chi connectivity index (χ4n) is 11.4. The van der Waals surface area contributed by atoms with E-state index in [4.69, 9.17) is 42.6 Å². The van der Waals surface area contributed by atoms with Crippen LogP contribution in [0.2, 0.25) is 0 Å². The zero-order chi connectivity index (χ0) is 94.2. The molecule has 9 aromatic carbocycles. The Morgan fingerprint density at radius 2 is 0.681 bits per heavy atom. The monoisotopic (exact) mass is 2020 g/mol. The van der Waals surface area contributed by atoms with E-state index in [1.165, 1.54) is 0 Å². The number of hydrogen-bond donors (Lipinski definition) is 0. The van der Waals surface area contributed by atoms with Gasteiger partial charge in [0.1, 0.15) is 130 Å². The predicted octanol–water partition coefficient (Wildman–Crippen LogP) is 9.94. The lowest BCUT2D eigenvalue weighted by Gasteiger charge is -2.18. The average molecular weight is 2020 g/mol. The predicted molar refractivity (Wildman–Crippen MR) is 460 cm³/mol. The molecule has 6 heterocycles. The normalized spacial score (nSPS) is 17.0. The summed E-state index contributed by atoms with van der Waals surface area (Å²) in [6.07, 6.45) is 0.981. The van der Waals surface area contributed by atoms with Gasteiger partial charge in [0.15, 0.2) is 30.4 Å². The van der Waals surface area contributed by atoms with E-state index in [-0.39, 0.29) is 108 Å². The molecule has 37 nitrogen and oxygen atoms in total. The van der Waals surface area contributed by atoms with Gasteiger partial charge in [0.25, 0.3) is 0 Å². The van der Waals surface area contributed by atoms with Crippen molar-refractivity contribution in [2.45, 2.75) is 85.2 Å². The van der Waals surface area contributed by atoms with E-state index in [1.54, 1.807) is 84.9 Å². The topological polar surface area (TPSA) is 585 Å². The van der Waals surface area contributed by atoms with Crippen LogP contribution in [-0.4, -0.2) is 206 Å². The number of carbonyl (C=O) groups excluding carboxylic acids is 6. The van der Waals surface area contributed by atoms with E-state index >= 15 is 0 Å². The number of rotatable bonds is 33. The molecule has 6 unspecified atom stereocenters. The molecule has 0 radical (unpaired) electrons. The molecule has 0 aliphatic carbocycles. The molecule has 732 valence electrons. The van der Waals surface area contributed by atoms with Crippen LogP contribution in [0.25, 0.3) is 32.3 Å². The third-order valence-corrected chi connectivity index (χ3v) is 22.4. The van der Waals surface area contributed by atoms with Crippen molar-refractivity contribution < 1.29 is 195 Å². The highest BCUT2D eigenvalue weighted by Gasteiger charge is 2.51. The Kier molecular flexibility index (Phi) is 41.8. The maximum Gasteiger partial charge on any atom is 0.428 e. The van der Waals surface area contributed by atoms with Crippen molar-refractivity contribution in [3.8, 4) is 5.75 Å². The number of benzene rings is 9. The summed E-state index contributed by atoms with van der Waals surface area (Å²) in [6.45, 7) is 1.84. The molecule has 6 saturated heterocycles. The van der Waals surface area contributed by atoms with E-state index in [1.807, 2.05) is 97.1 Å². The van der Waals surface area contributed by atoms with Gasteiger partial charge in [-0.3, -0.25) is 14.4 Å². The van der Waals surface area contributed by atoms with Crippen molar-refractivity contribution in [1.29, 1.82) is 0 Å². The highest BCUT2D eigenvalue weighted by atomic mass is 32.2. The maximum absolute atomic E-state index is 13.1. The van der Waals surface area contributed by atoms with Crippen molar-refractivity contribution in [3.05, 3.63) is 288 Å². The van der Waals surface area contributed by atoms with Crippen molar-refractivity contribution in [1.82, 2.24) is 0 Å². The van der Waals surface area contributed by atoms with Crippen LogP contribution in [0.5, 0.6) is 5.75 Å². The molecule has 0 bridgehead atoms. The third kappa shape index (κ3) is 35.9. The van der Waals surface area contributed by atoms with Gasteiger partial charge in [0.2, 0.25) is 0 Å². The van der Waals surface area contributed by atoms with Gasteiger partial charge in [0.05, 0.1) is 46.2 Å². The summed E-state index contributed by atoms with van der Waals surface area (Å²) >= 11 is 0. The largest absolute Gasteiger partial charge is 0.748 e. The number of fused-ring (bicyclic) bond motifs is 3. The van der Waals surface area contributed by atoms with Gasteiger partial charge in [-0.25, -0.2) is 64.9 Å². The SMILES string of the molecule is O=C(CS(=O)(=O)[O-])OCCc1ccc(C2CO2)cc1.O=C(CS(=O)(=O)[O-])OCc1cc(C2CO2)c2ccccc2c1.O=C(CS(=O)(=O)[O-])OCc1cccc(C2CO2)c1.O=C(OCCOc1ccc(C2CO2)cc1)C(F)(F)S(=O)(=O)[O-].O=C(OCc1ccc(C2CO2)c2ccccc12)C(F)(F)S(=O)(=O)[O-].O=C(OCc1ccc2cc(C3CO3)ccc2c1)C(F)(F)S(=O)(=O)[O-].[CH3+].[CH3+].[CH3+].[CH3+].[CH3+].[CH3+]. The average Bonchev–Trinajstić information content (AvgIpc) is 1.66. The minimum absolute atomic E-state index is 0. The smallest absolute Gasteiger partial charge is 0.428 e. The van der Waals surface area contributed by atoms with Crippen LogP contribution in [0.3, 0.4) is 0 Å². The van der Waals surface area contributed by atoms with Crippen molar-refractivity contribution in [3.63, 3.8) is 0 Å². The van der Waals surface area contributed by atoms with Crippen molar-refractivity contribution >= 4 is 129 Å². The fraction of sp³-hybridized carbons (Fsp3) is 0.302. The summed E-state index contributed by atoms with van der Waals surface area (Å²) in [4.78, 5) is 66.5. The molecular formula is C86H88F6O37S6. The summed E-state index contributed by atoms with van der Waals surface area (Å²) in [5.41, 5.74) is 9.23. The number of ether oxygens (including phenoxy) is 13. The Morgan fingerprint density at radius 1 is 0.311 bits per heavy atom. The minimum Gasteiger partial charge on any atom is -0.748 e. The lowest BCUT2D eigenvalue weighted by molar-refractivity contribution is -0.163. The standard InChI is InChI=1S/2C15H12F2O6S.C15H14O6S.C12H12F2O7S.C12H14O6S.C11H12O6S.6CH3/c16-15(17,24(19,20)21)14(18)23-7-9-1-2-11-6-12(13-8-22-13)4-3-10(11)5-9;16-15(17,24(19,20)21)14(18)23-7-9-5-6-12(13-8-22-13)11-4-2-1-3-10(9)11;16-15(9-22(17,18)19)21-7-10-5-11-3-1-2-4-12(11)13(6-10)14-8-20-14;13-12(14,22(16,17)18)11(15)20-6-5-19-9-3-1-8(2-4-9)10-7-21-10;13-12(8-19(14,15)16)17-6-5-9-1-3-10(4-2-9)11-7-18-11;12-11(7-18(13,14)15)17-5-8-2-1-3-9(4-8)10-6-16-10;;;;;;/h2*1-6,13H,7-8H2,(H,19,20,21);1-6,14H,7-9H2,(H,17,18,19);1-4,10H,5-7H2,(H,16,17,18);1-4,11H,5-8H2,(H,14,15,16);1-4,10H,5-7H2,(H,13,14,15);6*1H3/q;;;;;;6*+1/p-6. The molecule has 6 aliphatic heterocycles. The second-order valence-electron chi connectivity index (χ2n) is 28.1. The number of alkyl halides is 6. The van der Waals surface area contributed by atoms with E-state index < -0.39 is 149 Å². The van der Waals surface area contributed by atoms with Crippen LogP contribution in [-0.2, 0) is 179 Å². The van der Waals surface area contributed by atoms with Crippen LogP contribution in [0.15, 0.2) is 182 Å². The Labute approximate surface area is 774 Å². The summed E-state index contributed by atoms with van der Waals surface area (Å²) in [6, 6.07) is 54.0. The van der Waals surface area contributed by atoms with Crippen molar-refractivity contribution in [2.24, 2.45) is 0 Å². The molecule has 0 N–H and O–H groups in total. The number of epoxide rings is 6. The fourth-order valence-corrected chi connectivity index (χ4v) is 13.3. The molecule has 49 heteroatoms. The quantitative estimate of drug-likeness (QED) is 0.00701. The molecule has 6 fully saturated rings. The van der Waals surface area contributed by atoms with Gasteiger partial charge in [-0.15, -0.1) is 0 Å². The van der Waals surface area contributed by atoms with Gasteiger partial charge in [-0.05, 0) is 136 Å². The van der Waals surface area contributed by atoms with E-state index in [9.17, 15) is 133 Å². The van der Waals surface area contributed by atoms with Crippen LogP contribution in [0, 0.1) is 44.6 Å². The van der Waals surface area contributed by atoms with E-state index in [0.29, 0.717) is 61.7 Å². The molecule has 9 aromatic rings. The van der Waals surface area contributed by atoms with Gasteiger partial charge in [-0.1, -0.05) is 140 Å². The first kappa shape index (κ1) is 116. The molecule has 0 spiro atoms. The summed E-state index contributed by atoms with van der Waals surface area (Å²) in [5, 5.41) is -10.1. The molecule has 0 aromatic heterocycles. The number of halogens is 6. The van der Waals surface area contributed by atoms with Gasteiger partial charge < -0.3 is 88.9 Å². The summed E-state index contributed by atoms with van der Waals surface area (Å²) in [5.74, 6) is -13.3. The first-order valence-corrected chi connectivity index (χ1v) is 46.3. The zero-order valence-corrected chi connectivity index (χ0v) is 77.0. The third-order valence-electron chi connectivity index (χ3n) is 18.2. The first-order valence-electron chi connectivity index (χ1n) is 37.4. The zero-order valence-electron chi connectivity index (χ0n) is 72.1.